The Labute approximate surface area is 106 Å². The molecule has 92 valence electrons. The molecule has 0 unspecified atom stereocenters. The molecule has 0 aromatic heterocycles. The van der Waals surface area contributed by atoms with Crippen LogP contribution in [0.3, 0.4) is 0 Å². The average molecular weight is 254 g/mol. The van der Waals surface area contributed by atoms with Crippen molar-refractivity contribution < 1.29 is 9.53 Å². The highest BCUT2D eigenvalue weighted by Gasteiger charge is 2.20. The summed E-state index contributed by atoms with van der Waals surface area (Å²) in [5.74, 6) is 0.697. The molecule has 0 saturated carbocycles. The molecule has 1 aliphatic rings. The fraction of sp³-hybridized carbons (Fsp3) is 0.462. The SMILES string of the molecule is COc1ccc(C(=O)N2CCCCC2)c(Cl)c1. The van der Waals surface area contributed by atoms with E-state index in [1.807, 2.05) is 4.90 Å². The fourth-order valence-corrected chi connectivity index (χ4v) is 2.31. The van der Waals surface area contributed by atoms with Crippen LogP contribution >= 0.6 is 11.6 Å². The summed E-state index contributed by atoms with van der Waals surface area (Å²) in [4.78, 5) is 14.1. The molecule has 1 heterocycles. The number of carbonyl (C=O) groups is 1. The second-order valence-electron chi connectivity index (χ2n) is 4.20. The number of piperidine rings is 1. The van der Waals surface area contributed by atoms with Gasteiger partial charge in [-0.2, -0.15) is 0 Å². The van der Waals surface area contributed by atoms with Gasteiger partial charge >= 0.3 is 0 Å². The number of likely N-dealkylation sites (tertiary alicyclic amines) is 1. The first kappa shape index (κ1) is 12.2. The molecular formula is C13H16ClNO2. The van der Waals surface area contributed by atoms with E-state index in [4.69, 9.17) is 16.3 Å². The van der Waals surface area contributed by atoms with E-state index in [-0.39, 0.29) is 5.91 Å². The van der Waals surface area contributed by atoms with Crippen molar-refractivity contribution in [1.82, 2.24) is 4.90 Å². The van der Waals surface area contributed by atoms with Gasteiger partial charge in [0.15, 0.2) is 0 Å². The van der Waals surface area contributed by atoms with E-state index in [1.165, 1.54) is 6.42 Å². The van der Waals surface area contributed by atoms with Gasteiger partial charge in [-0.05, 0) is 37.5 Å². The lowest BCUT2D eigenvalue weighted by Gasteiger charge is -2.27. The molecule has 0 aliphatic carbocycles. The standard InChI is InChI=1S/C13H16ClNO2/c1-17-10-5-6-11(12(14)9-10)13(16)15-7-3-2-4-8-15/h5-6,9H,2-4,7-8H2,1H3. The minimum Gasteiger partial charge on any atom is -0.497 e. The van der Waals surface area contributed by atoms with Crippen molar-refractivity contribution in [2.75, 3.05) is 20.2 Å². The molecule has 4 heteroatoms. The molecule has 17 heavy (non-hydrogen) atoms. The van der Waals surface area contributed by atoms with Crippen LogP contribution in [0.2, 0.25) is 5.02 Å². The molecular weight excluding hydrogens is 238 g/mol. The van der Waals surface area contributed by atoms with Crippen molar-refractivity contribution in [3.8, 4) is 5.75 Å². The van der Waals surface area contributed by atoms with Crippen LogP contribution in [0, 0.1) is 0 Å². The summed E-state index contributed by atoms with van der Waals surface area (Å²) in [7, 11) is 1.58. The Kier molecular flexibility index (Phi) is 3.89. The van der Waals surface area contributed by atoms with Crippen LogP contribution in [0.4, 0.5) is 0 Å². The summed E-state index contributed by atoms with van der Waals surface area (Å²) in [6, 6.07) is 5.18. The number of methoxy groups -OCH3 is 1. The van der Waals surface area contributed by atoms with E-state index in [0.29, 0.717) is 16.3 Å². The molecule has 3 nitrogen and oxygen atoms in total. The highest BCUT2D eigenvalue weighted by molar-refractivity contribution is 6.34. The van der Waals surface area contributed by atoms with Crippen molar-refractivity contribution in [3.05, 3.63) is 28.8 Å². The third-order valence-corrected chi connectivity index (χ3v) is 3.36. The number of benzene rings is 1. The highest BCUT2D eigenvalue weighted by atomic mass is 35.5. The van der Waals surface area contributed by atoms with Gasteiger partial charge in [-0.3, -0.25) is 4.79 Å². The quantitative estimate of drug-likeness (QED) is 0.811. The molecule has 1 aromatic carbocycles. The minimum absolute atomic E-state index is 0.0253. The smallest absolute Gasteiger partial charge is 0.255 e. The average Bonchev–Trinajstić information content (AvgIpc) is 2.39. The van der Waals surface area contributed by atoms with E-state index in [1.54, 1.807) is 25.3 Å². The molecule has 0 radical (unpaired) electrons. The second-order valence-corrected chi connectivity index (χ2v) is 4.61. The number of nitrogens with zero attached hydrogens (tertiary/aromatic N) is 1. The van der Waals surface area contributed by atoms with Gasteiger partial charge in [0, 0.05) is 13.1 Å². The van der Waals surface area contributed by atoms with E-state index < -0.39 is 0 Å². The summed E-state index contributed by atoms with van der Waals surface area (Å²) < 4.78 is 5.07. The Morgan fingerprint density at radius 1 is 1.29 bits per heavy atom. The normalized spacial score (nSPS) is 15.8. The first-order chi connectivity index (χ1) is 8.22. The largest absolute Gasteiger partial charge is 0.497 e. The van der Waals surface area contributed by atoms with E-state index in [2.05, 4.69) is 0 Å². The van der Waals surface area contributed by atoms with Crippen molar-refractivity contribution >= 4 is 17.5 Å². The van der Waals surface area contributed by atoms with Gasteiger partial charge in [-0.1, -0.05) is 11.6 Å². The molecule has 2 rings (SSSR count). The number of ether oxygens (including phenoxy) is 1. The lowest BCUT2D eigenvalue weighted by molar-refractivity contribution is 0.0724. The lowest BCUT2D eigenvalue weighted by Crippen LogP contribution is -2.35. The zero-order valence-electron chi connectivity index (χ0n) is 9.91. The van der Waals surface area contributed by atoms with Crippen molar-refractivity contribution in [2.45, 2.75) is 19.3 Å². The molecule has 0 N–H and O–H groups in total. The molecule has 1 fully saturated rings. The summed E-state index contributed by atoms with van der Waals surface area (Å²) in [5.41, 5.74) is 0.564. The third-order valence-electron chi connectivity index (χ3n) is 3.05. The molecule has 0 atom stereocenters. The van der Waals surface area contributed by atoms with E-state index >= 15 is 0 Å². The van der Waals surface area contributed by atoms with Crippen LogP contribution in [-0.2, 0) is 0 Å². The summed E-state index contributed by atoms with van der Waals surface area (Å²) in [6.45, 7) is 1.67. The zero-order chi connectivity index (χ0) is 12.3. The Hall–Kier alpha value is -1.22. The van der Waals surface area contributed by atoms with E-state index in [0.717, 1.165) is 25.9 Å². The number of halogens is 1. The number of amides is 1. The molecule has 0 spiro atoms. The van der Waals surface area contributed by atoms with Gasteiger partial charge < -0.3 is 9.64 Å². The maximum atomic E-state index is 12.2. The van der Waals surface area contributed by atoms with Crippen LogP contribution in [0.5, 0.6) is 5.75 Å². The highest BCUT2D eigenvalue weighted by Crippen LogP contribution is 2.24. The van der Waals surface area contributed by atoms with Crippen LogP contribution in [0.25, 0.3) is 0 Å². The Morgan fingerprint density at radius 2 is 2.00 bits per heavy atom. The Balaban J connectivity index is 2.18. The second kappa shape index (κ2) is 5.41. The molecule has 0 bridgehead atoms. The number of carbonyl (C=O) groups excluding carboxylic acids is 1. The van der Waals surface area contributed by atoms with Gasteiger partial charge in [0.1, 0.15) is 5.75 Å². The Bertz CT molecular complexity index is 414. The van der Waals surface area contributed by atoms with Crippen LogP contribution in [-0.4, -0.2) is 31.0 Å². The van der Waals surface area contributed by atoms with Crippen molar-refractivity contribution in [2.24, 2.45) is 0 Å². The lowest BCUT2D eigenvalue weighted by atomic mass is 10.1. The first-order valence-electron chi connectivity index (χ1n) is 5.85. The summed E-state index contributed by atoms with van der Waals surface area (Å²) in [6.07, 6.45) is 3.37. The van der Waals surface area contributed by atoms with Crippen molar-refractivity contribution in [3.63, 3.8) is 0 Å². The van der Waals surface area contributed by atoms with Gasteiger partial charge in [-0.25, -0.2) is 0 Å². The van der Waals surface area contributed by atoms with Crippen LogP contribution < -0.4 is 4.74 Å². The predicted molar refractivity (Wildman–Crippen MR) is 67.8 cm³/mol. The topological polar surface area (TPSA) is 29.5 Å². The van der Waals surface area contributed by atoms with Gasteiger partial charge in [0.05, 0.1) is 17.7 Å². The molecule has 1 aliphatic heterocycles. The van der Waals surface area contributed by atoms with Gasteiger partial charge in [-0.15, -0.1) is 0 Å². The van der Waals surface area contributed by atoms with Crippen LogP contribution in [0.1, 0.15) is 29.6 Å². The molecule has 1 aromatic rings. The maximum Gasteiger partial charge on any atom is 0.255 e. The monoisotopic (exact) mass is 253 g/mol. The number of rotatable bonds is 2. The summed E-state index contributed by atoms with van der Waals surface area (Å²) >= 11 is 6.09. The van der Waals surface area contributed by atoms with E-state index in [9.17, 15) is 4.79 Å². The number of hydrogen-bond donors (Lipinski definition) is 0. The first-order valence-corrected chi connectivity index (χ1v) is 6.23. The van der Waals surface area contributed by atoms with Gasteiger partial charge in [0.2, 0.25) is 0 Å². The number of hydrogen-bond acceptors (Lipinski definition) is 2. The molecule has 1 amide bonds. The summed E-state index contributed by atoms with van der Waals surface area (Å²) in [5, 5.41) is 0.458. The fourth-order valence-electron chi connectivity index (χ4n) is 2.06. The van der Waals surface area contributed by atoms with Crippen LogP contribution in [0.15, 0.2) is 18.2 Å². The third kappa shape index (κ3) is 2.72. The zero-order valence-corrected chi connectivity index (χ0v) is 10.7. The minimum atomic E-state index is 0.0253. The Morgan fingerprint density at radius 3 is 2.59 bits per heavy atom. The molecule has 1 saturated heterocycles. The van der Waals surface area contributed by atoms with Crippen molar-refractivity contribution in [1.29, 1.82) is 0 Å². The predicted octanol–water partition coefficient (Wildman–Crippen LogP) is 2.97. The van der Waals surface area contributed by atoms with Gasteiger partial charge in [0.25, 0.3) is 5.91 Å². The maximum absolute atomic E-state index is 12.2.